The molecule has 0 saturated heterocycles. The minimum Gasteiger partial charge on any atom is -0.352 e. The average molecular weight is 207 g/mol. The van der Waals surface area contributed by atoms with Gasteiger partial charge in [-0.3, -0.25) is 0 Å². The number of hydrogen-bond donors (Lipinski definition) is 1. The molecule has 0 spiro atoms. The van der Waals surface area contributed by atoms with Gasteiger partial charge in [0.15, 0.2) is 11.6 Å². The van der Waals surface area contributed by atoms with E-state index in [4.69, 9.17) is 6.42 Å². The van der Waals surface area contributed by atoms with E-state index in [1.165, 1.54) is 6.33 Å². The topological polar surface area (TPSA) is 37.8 Å². The van der Waals surface area contributed by atoms with Crippen LogP contribution in [0.2, 0.25) is 0 Å². The highest BCUT2D eigenvalue weighted by molar-refractivity contribution is 5.42. The fourth-order valence-electron chi connectivity index (χ4n) is 1.07. The number of hydrogen-bond acceptors (Lipinski definition) is 3. The first-order valence-corrected chi connectivity index (χ1v) is 4.75. The van der Waals surface area contributed by atoms with Crippen LogP contribution in [0.15, 0.2) is 6.33 Å². The Labute approximate surface area is 89.1 Å². The summed E-state index contributed by atoms with van der Waals surface area (Å²) in [6.45, 7) is 5.39. The van der Waals surface area contributed by atoms with Crippen molar-refractivity contribution in [1.29, 1.82) is 0 Å². The Morgan fingerprint density at radius 3 is 2.73 bits per heavy atom. The van der Waals surface area contributed by atoms with Crippen LogP contribution in [0.5, 0.6) is 0 Å². The van der Waals surface area contributed by atoms with E-state index in [0.717, 1.165) is 0 Å². The zero-order valence-electron chi connectivity index (χ0n) is 9.13. The summed E-state index contributed by atoms with van der Waals surface area (Å²) in [4.78, 5) is 7.66. The zero-order chi connectivity index (χ0) is 11.5. The summed E-state index contributed by atoms with van der Waals surface area (Å²) in [5.41, 5.74) is -0.236. The van der Waals surface area contributed by atoms with Gasteiger partial charge in [-0.1, -0.05) is 12.8 Å². The van der Waals surface area contributed by atoms with E-state index in [1.807, 2.05) is 6.92 Å². The molecule has 15 heavy (non-hydrogen) atoms. The van der Waals surface area contributed by atoms with Gasteiger partial charge in [-0.2, -0.15) is 0 Å². The van der Waals surface area contributed by atoms with E-state index in [9.17, 15) is 4.39 Å². The van der Waals surface area contributed by atoms with Crippen LogP contribution < -0.4 is 5.32 Å². The predicted octanol–water partition coefficient (Wildman–Crippen LogP) is 2.00. The lowest BCUT2D eigenvalue weighted by Crippen LogP contribution is -2.29. The number of aromatic nitrogens is 2. The summed E-state index contributed by atoms with van der Waals surface area (Å²) in [7, 11) is 0. The lowest BCUT2D eigenvalue weighted by atomic mass is 10.1. The molecule has 1 heterocycles. The monoisotopic (exact) mass is 207 g/mol. The van der Waals surface area contributed by atoms with Gasteiger partial charge in [-0.15, -0.1) is 6.42 Å². The van der Waals surface area contributed by atoms with Gasteiger partial charge in [0.1, 0.15) is 6.33 Å². The molecule has 1 rings (SSSR count). The first-order chi connectivity index (χ1) is 7.00. The number of anilines is 1. The fourth-order valence-corrected chi connectivity index (χ4v) is 1.07. The molecule has 1 N–H and O–H groups in total. The van der Waals surface area contributed by atoms with Crippen LogP contribution in [0.25, 0.3) is 0 Å². The molecule has 4 heteroatoms. The Morgan fingerprint density at radius 1 is 1.53 bits per heavy atom. The van der Waals surface area contributed by atoms with Gasteiger partial charge in [0.2, 0.25) is 0 Å². The van der Waals surface area contributed by atoms with E-state index in [-0.39, 0.29) is 5.82 Å². The Hall–Kier alpha value is -1.63. The van der Waals surface area contributed by atoms with Crippen molar-refractivity contribution in [3.63, 3.8) is 0 Å². The lowest BCUT2D eigenvalue weighted by molar-refractivity contribution is 0.589. The van der Waals surface area contributed by atoms with Crippen LogP contribution in [0.3, 0.4) is 0 Å². The van der Waals surface area contributed by atoms with Crippen molar-refractivity contribution in [2.24, 2.45) is 0 Å². The molecule has 0 atom stereocenters. The summed E-state index contributed by atoms with van der Waals surface area (Å²) in [6, 6.07) is 0. The van der Waals surface area contributed by atoms with Crippen LogP contribution in [0.1, 0.15) is 26.5 Å². The molecule has 0 aliphatic rings. The van der Waals surface area contributed by atoms with Gasteiger partial charge < -0.3 is 5.32 Å². The normalized spacial score (nSPS) is 10.9. The maximum absolute atomic E-state index is 13.7. The van der Waals surface area contributed by atoms with Crippen LogP contribution in [0.4, 0.5) is 10.2 Å². The van der Waals surface area contributed by atoms with Crippen molar-refractivity contribution in [1.82, 2.24) is 9.97 Å². The molecular formula is C11H14FN3. The van der Waals surface area contributed by atoms with Gasteiger partial charge in [0.05, 0.1) is 11.2 Å². The van der Waals surface area contributed by atoms with Crippen LogP contribution in [0, 0.1) is 18.2 Å². The van der Waals surface area contributed by atoms with Gasteiger partial charge in [-0.25, -0.2) is 14.4 Å². The molecule has 3 nitrogen and oxygen atoms in total. The summed E-state index contributed by atoms with van der Waals surface area (Å²) < 4.78 is 13.7. The van der Waals surface area contributed by atoms with Crippen molar-refractivity contribution in [3.05, 3.63) is 17.8 Å². The van der Waals surface area contributed by atoms with Crippen LogP contribution >= 0.6 is 0 Å². The molecule has 1 aromatic rings. The molecule has 0 fully saturated rings. The van der Waals surface area contributed by atoms with Gasteiger partial charge in [-0.05, 0) is 20.3 Å². The van der Waals surface area contributed by atoms with E-state index < -0.39 is 11.4 Å². The molecule has 0 aromatic carbocycles. The summed E-state index contributed by atoms with van der Waals surface area (Å²) in [5, 5.41) is 2.85. The summed E-state index contributed by atoms with van der Waals surface area (Å²) >= 11 is 0. The third kappa shape index (κ3) is 2.66. The third-order valence-electron chi connectivity index (χ3n) is 1.99. The van der Waals surface area contributed by atoms with Crippen LogP contribution in [-0.4, -0.2) is 15.5 Å². The van der Waals surface area contributed by atoms with Crippen molar-refractivity contribution in [2.75, 3.05) is 5.32 Å². The first-order valence-electron chi connectivity index (χ1n) is 4.75. The maximum Gasteiger partial charge on any atom is 0.186 e. The number of nitrogens with one attached hydrogen (secondary N) is 1. The molecule has 1 aromatic heterocycles. The zero-order valence-corrected chi connectivity index (χ0v) is 9.13. The third-order valence-corrected chi connectivity index (χ3v) is 1.99. The summed E-state index contributed by atoms with van der Waals surface area (Å²) in [6.07, 6.45) is 7.15. The van der Waals surface area contributed by atoms with E-state index in [1.54, 1.807) is 13.8 Å². The SMILES string of the molecule is C#CC(C)(C)Nc1ncnc(CC)c1F. The minimum atomic E-state index is -0.625. The second kappa shape index (κ2) is 4.26. The molecule has 0 saturated carbocycles. The predicted molar refractivity (Wildman–Crippen MR) is 57.9 cm³/mol. The summed E-state index contributed by atoms with van der Waals surface area (Å²) in [5.74, 6) is 2.25. The van der Waals surface area contributed by atoms with Crippen molar-refractivity contribution >= 4 is 5.82 Å². The van der Waals surface area contributed by atoms with E-state index in [2.05, 4.69) is 21.2 Å². The first kappa shape index (κ1) is 11.4. The standard InChI is InChI=1S/C11H14FN3/c1-5-8-9(12)10(14-7-13-8)15-11(3,4)6-2/h2,7H,5H2,1,3-4H3,(H,13,14,15). The molecule has 80 valence electrons. The van der Waals surface area contributed by atoms with E-state index >= 15 is 0 Å². The Morgan fingerprint density at radius 2 is 2.20 bits per heavy atom. The second-order valence-corrected chi connectivity index (χ2v) is 3.73. The van der Waals surface area contributed by atoms with Gasteiger partial charge in [0.25, 0.3) is 0 Å². The molecule has 0 unspecified atom stereocenters. The highest BCUT2D eigenvalue weighted by atomic mass is 19.1. The molecule has 0 radical (unpaired) electrons. The molecule has 0 amide bonds. The number of terminal acetylenes is 1. The highest BCUT2D eigenvalue weighted by Crippen LogP contribution is 2.17. The molecule has 0 aliphatic heterocycles. The Kier molecular flexibility index (Phi) is 3.25. The quantitative estimate of drug-likeness (QED) is 0.770. The average Bonchev–Trinajstić information content (AvgIpc) is 2.21. The van der Waals surface area contributed by atoms with E-state index in [0.29, 0.717) is 12.1 Å². The molecule has 0 bridgehead atoms. The van der Waals surface area contributed by atoms with Crippen molar-refractivity contribution in [3.8, 4) is 12.3 Å². The number of nitrogens with zero attached hydrogens (tertiary/aromatic N) is 2. The van der Waals surface area contributed by atoms with Crippen LogP contribution in [-0.2, 0) is 6.42 Å². The molecule has 0 aliphatic carbocycles. The Balaban J connectivity index is 3.02. The van der Waals surface area contributed by atoms with Crippen molar-refractivity contribution in [2.45, 2.75) is 32.7 Å². The number of aryl methyl sites for hydroxylation is 1. The minimum absolute atomic E-state index is 0.157. The Bertz CT molecular complexity index is 393. The maximum atomic E-state index is 13.7. The number of rotatable bonds is 3. The largest absolute Gasteiger partial charge is 0.352 e. The van der Waals surface area contributed by atoms with Gasteiger partial charge in [0, 0.05) is 0 Å². The lowest BCUT2D eigenvalue weighted by Gasteiger charge is -2.20. The smallest absolute Gasteiger partial charge is 0.186 e. The number of halogens is 1. The van der Waals surface area contributed by atoms with Gasteiger partial charge >= 0.3 is 0 Å². The second-order valence-electron chi connectivity index (χ2n) is 3.73. The molecular weight excluding hydrogens is 193 g/mol. The van der Waals surface area contributed by atoms with Crippen molar-refractivity contribution < 1.29 is 4.39 Å². The fraction of sp³-hybridized carbons (Fsp3) is 0.455. The highest BCUT2D eigenvalue weighted by Gasteiger charge is 2.18.